The minimum absolute atomic E-state index is 0.166. The second kappa shape index (κ2) is 9.37. The molecule has 174 valence electrons. The summed E-state index contributed by atoms with van der Waals surface area (Å²) in [6, 6.07) is 10.8. The lowest BCUT2D eigenvalue weighted by Gasteiger charge is -2.32. The zero-order chi connectivity index (χ0) is 24.4. The van der Waals surface area contributed by atoms with Gasteiger partial charge in [-0.05, 0) is 25.1 Å². The lowest BCUT2D eigenvalue weighted by atomic mass is 10.0. The number of aromatic nitrogens is 1. The summed E-state index contributed by atoms with van der Waals surface area (Å²) in [6.07, 6.45) is 0.652. The SMILES string of the molecule is COCCCOc1cc2c(cc1C#N)-c1cc(=O)c(C(=O)O)cn1C(c1cc(C)ccc1F)O2. The summed E-state index contributed by atoms with van der Waals surface area (Å²) in [5.74, 6) is -1.41. The maximum absolute atomic E-state index is 14.8. The van der Waals surface area contributed by atoms with Gasteiger partial charge in [0.15, 0.2) is 5.43 Å². The highest BCUT2D eigenvalue weighted by Crippen LogP contribution is 2.43. The topological polar surface area (TPSA) is 111 Å². The van der Waals surface area contributed by atoms with E-state index in [1.165, 1.54) is 22.8 Å². The van der Waals surface area contributed by atoms with E-state index < -0.39 is 29.0 Å². The van der Waals surface area contributed by atoms with Crippen LogP contribution in [-0.4, -0.2) is 36.0 Å². The van der Waals surface area contributed by atoms with Crippen molar-refractivity contribution in [3.63, 3.8) is 0 Å². The number of nitriles is 1. The average Bonchev–Trinajstić information content (AvgIpc) is 2.81. The molecule has 8 nitrogen and oxygen atoms in total. The van der Waals surface area contributed by atoms with Gasteiger partial charge in [0.2, 0.25) is 6.23 Å². The van der Waals surface area contributed by atoms with Gasteiger partial charge in [0, 0.05) is 49.6 Å². The zero-order valence-electron chi connectivity index (χ0n) is 18.5. The first-order chi connectivity index (χ1) is 16.3. The largest absolute Gasteiger partial charge is 0.492 e. The molecule has 0 saturated heterocycles. The third kappa shape index (κ3) is 4.23. The Labute approximate surface area is 194 Å². The standard InChI is InChI=1S/C25H21FN2O6/c1-14-4-5-19(26)16(8-14)24-28-13-18(25(30)31)21(29)10-20(28)17-9-15(12-27)22(11-23(17)34-24)33-7-3-6-32-2/h4-5,8-11,13,24H,3,6-7H2,1-2H3,(H,30,31). The van der Waals surface area contributed by atoms with E-state index in [2.05, 4.69) is 6.07 Å². The van der Waals surface area contributed by atoms with Crippen molar-refractivity contribution >= 4 is 5.97 Å². The number of carboxylic acids is 1. The Kier molecular flexibility index (Phi) is 6.34. The molecule has 0 fully saturated rings. The molecule has 34 heavy (non-hydrogen) atoms. The van der Waals surface area contributed by atoms with Gasteiger partial charge in [-0.2, -0.15) is 5.26 Å². The molecule has 2 heterocycles. The van der Waals surface area contributed by atoms with Crippen LogP contribution < -0.4 is 14.9 Å². The number of nitrogens with zero attached hydrogens (tertiary/aromatic N) is 2. The number of hydrogen-bond acceptors (Lipinski definition) is 6. The van der Waals surface area contributed by atoms with Gasteiger partial charge in [-0.25, -0.2) is 9.18 Å². The molecule has 0 spiro atoms. The summed E-state index contributed by atoms with van der Waals surface area (Å²) in [5.41, 5.74) is 0.638. The minimum atomic E-state index is -1.41. The second-order valence-electron chi connectivity index (χ2n) is 7.80. The number of carbonyl (C=O) groups is 1. The molecular weight excluding hydrogens is 443 g/mol. The van der Waals surface area contributed by atoms with Crippen LogP contribution in [0.25, 0.3) is 11.3 Å². The summed E-state index contributed by atoms with van der Waals surface area (Å²) >= 11 is 0. The van der Waals surface area contributed by atoms with Crippen molar-refractivity contribution in [3.05, 3.63) is 80.9 Å². The van der Waals surface area contributed by atoms with Crippen LogP contribution in [0.4, 0.5) is 4.39 Å². The lowest BCUT2D eigenvalue weighted by Crippen LogP contribution is -2.28. The molecule has 2 aromatic carbocycles. The lowest BCUT2D eigenvalue weighted by molar-refractivity contribution is 0.0693. The molecule has 0 bridgehead atoms. The van der Waals surface area contributed by atoms with Crippen molar-refractivity contribution in [2.75, 3.05) is 20.3 Å². The Morgan fingerprint density at radius 3 is 2.76 bits per heavy atom. The average molecular weight is 464 g/mol. The maximum Gasteiger partial charge on any atom is 0.341 e. The van der Waals surface area contributed by atoms with Gasteiger partial charge < -0.3 is 23.9 Å². The summed E-state index contributed by atoms with van der Waals surface area (Å²) < 4.78 is 33.1. The molecular formula is C25H21FN2O6. The smallest absolute Gasteiger partial charge is 0.341 e. The van der Waals surface area contributed by atoms with E-state index >= 15 is 0 Å². The van der Waals surface area contributed by atoms with Gasteiger partial charge >= 0.3 is 5.97 Å². The molecule has 3 aromatic rings. The Balaban J connectivity index is 1.91. The molecule has 0 saturated carbocycles. The number of fused-ring (bicyclic) bond motifs is 3. The molecule has 0 amide bonds. The quantitative estimate of drug-likeness (QED) is 0.528. The Morgan fingerprint density at radius 1 is 1.26 bits per heavy atom. The molecule has 1 unspecified atom stereocenters. The Bertz CT molecular complexity index is 1380. The van der Waals surface area contributed by atoms with Crippen LogP contribution in [0.1, 0.15) is 39.7 Å². The summed E-state index contributed by atoms with van der Waals surface area (Å²) in [6.45, 7) is 2.58. The second-order valence-corrected chi connectivity index (χ2v) is 7.80. The summed E-state index contributed by atoms with van der Waals surface area (Å²) in [7, 11) is 1.58. The van der Waals surface area contributed by atoms with Gasteiger partial charge in [-0.15, -0.1) is 0 Å². The number of aryl methyl sites for hydroxylation is 1. The zero-order valence-corrected chi connectivity index (χ0v) is 18.5. The summed E-state index contributed by atoms with van der Waals surface area (Å²) in [4.78, 5) is 24.1. The van der Waals surface area contributed by atoms with E-state index in [4.69, 9.17) is 14.2 Å². The maximum atomic E-state index is 14.8. The predicted octanol–water partition coefficient (Wildman–Crippen LogP) is 3.89. The van der Waals surface area contributed by atoms with Crippen LogP contribution in [-0.2, 0) is 4.74 Å². The highest BCUT2D eigenvalue weighted by atomic mass is 19.1. The van der Waals surface area contributed by atoms with E-state index in [9.17, 15) is 24.3 Å². The molecule has 1 N–H and O–H groups in total. The van der Waals surface area contributed by atoms with E-state index in [0.717, 1.165) is 17.8 Å². The number of benzene rings is 2. The van der Waals surface area contributed by atoms with E-state index in [-0.39, 0.29) is 22.6 Å². The van der Waals surface area contributed by atoms with Crippen molar-refractivity contribution in [2.24, 2.45) is 0 Å². The van der Waals surface area contributed by atoms with Crippen LogP contribution >= 0.6 is 0 Å². The number of pyridine rings is 1. The number of hydrogen-bond donors (Lipinski definition) is 1. The Hall–Kier alpha value is -4.16. The highest BCUT2D eigenvalue weighted by Gasteiger charge is 2.31. The predicted molar refractivity (Wildman–Crippen MR) is 120 cm³/mol. The number of methoxy groups -OCH3 is 1. The van der Waals surface area contributed by atoms with Gasteiger partial charge in [0.25, 0.3) is 0 Å². The molecule has 0 radical (unpaired) electrons. The first kappa shape index (κ1) is 23.0. The number of aromatic carboxylic acids is 1. The van der Waals surface area contributed by atoms with Gasteiger partial charge in [0.05, 0.1) is 17.9 Å². The van der Waals surface area contributed by atoms with E-state index in [1.807, 2.05) is 0 Å². The Morgan fingerprint density at radius 2 is 2.06 bits per heavy atom. The third-order valence-corrected chi connectivity index (χ3v) is 5.45. The number of rotatable bonds is 7. The van der Waals surface area contributed by atoms with Crippen LogP contribution in [0.5, 0.6) is 11.5 Å². The van der Waals surface area contributed by atoms with Crippen LogP contribution in [0.15, 0.2) is 47.4 Å². The van der Waals surface area contributed by atoms with E-state index in [0.29, 0.717) is 30.9 Å². The van der Waals surface area contributed by atoms with Crippen molar-refractivity contribution < 1.29 is 28.5 Å². The van der Waals surface area contributed by atoms with Gasteiger partial charge in [-0.3, -0.25) is 4.79 Å². The monoisotopic (exact) mass is 464 g/mol. The highest BCUT2D eigenvalue weighted by molar-refractivity contribution is 5.88. The van der Waals surface area contributed by atoms with Crippen molar-refractivity contribution in [1.29, 1.82) is 5.26 Å². The van der Waals surface area contributed by atoms with Crippen molar-refractivity contribution in [2.45, 2.75) is 19.6 Å². The third-order valence-electron chi connectivity index (χ3n) is 5.45. The fourth-order valence-corrected chi connectivity index (χ4v) is 3.81. The number of halogens is 1. The molecule has 1 aliphatic heterocycles. The summed E-state index contributed by atoms with van der Waals surface area (Å²) in [5, 5.41) is 19.1. The fourth-order valence-electron chi connectivity index (χ4n) is 3.81. The first-order valence-corrected chi connectivity index (χ1v) is 10.5. The fraction of sp³-hybridized carbons (Fsp3) is 0.240. The van der Waals surface area contributed by atoms with Crippen molar-refractivity contribution in [1.82, 2.24) is 4.57 Å². The molecule has 0 aliphatic carbocycles. The van der Waals surface area contributed by atoms with E-state index in [1.54, 1.807) is 26.2 Å². The van der Waals surface area contributed by atoms with Crippen molar-refractivity contribution in [3.8, 4) is 28.8 Å². The van der Waals surface area contributed by atoms with Crippen LogP contribution in [0.3, 0.4) is 0 Å². The molecule has 1 aromatic heterocycles. The molecule has 4 rings (SSSR count). The van der Waals surface area contributed by atoms with Gasteiger partial charge in [-0.1, -0.05) is 11.6 Å². The number of ether oxygens (including phenoxy) is 3. The molecule has 1 atom stereocenters. The molecule has 9 heteroatoms. The van der Waals surface area contributed by atoms with Gasteiger partial charge in [0.1, 0.15) is 28.9 Å². The first-order valence-electron chi connectivity index (χ1n) is 10.5. The molecule has 1 aliphatic rings. The minimum Gasteiger partial charge on any atom is -0.492 e. The van der Waals surface area contributed by atoms with Crippen LogP contribution in [0.2, 0.25) is 0 Å². The van der Waals surface area contributed by atoms with Crippen LogP contribution in [0, 0.1) is 24.1 Å². The number of carboxylic acid groups (broad SMARTS) is 1. The normalized spacial score (nSPS) is 13.9.